The zero-order chi connectivity index (χ0) is 14.4. The second-order valence-corrected chi connectivity index (χ2v) is 4.14. The van der Waals surface area contributed by atoms with Crippen LogP contribution in [0.4, 0.5) is 0 Å². The van der Waals surface area contributed by atoms with Gasteiger partial charge in [-0.1, -0.05) is 30.3 Å². The van der Waals surface area contributed by atoms with Crippen LogP contribution < -0.4 is 9.47 Å². The first kappa shape index (κ1) is 13.8. The summed E-state index contributed by atoms with van der Waals surface area (Å²) in [7, 11) is 1.45. The van der Waals surface area contributed by atoms with Crippen LogP contribution in [0.25, 0.3) is 0 Å². The first-order valence-corrected chi connectivity index (χ1v) is 6.07. The Bertz CT molecular complexity index is 605. The molecule has 0 heterocycles. The number of aldehydes is 2. The van der Waals surface area contributed by atoms with Gasteiger partial charge in [0, 0.05) is 0 Å². The van der Waals surface area contributed by atoms with Crippen LogP contribution in [0, 0.1) is 0 Å². The quantitative estimate of drug-likeness (QED) is 0.757. The molecule has 0 aliphatic heterocycles. The highest BCUT2D eigenvalue weighted by Gasteiger charge is 2.11. The number of hydrogen-bond donors (Lipinski definition) is 0. The topological polar surface area (TPSA) is 52.6 Å². The summed E-state index contributed by atoms with van der Waals surface area (Å²) in [5.41, 5.74) is 1.68. The molecule has 0 spiro atoms. The molecule has 0 N–H and O–H groups in total. The fraction of sp³-hybridized carbons (Fsp3) is 0.125. The number of carbonyl (C=O) groups is 2. The smallest absolute Gasteiger partial charge is 0.153 e. The molecule has 0 aromatic heterocycles. The number of hydrogen-bond acceptors (Lipinski definition) is 4. The number of carbonyl (C=O) groups excluding carboxylic acids is 2. The van der Waals surface area contributed by atoms with Crippen molar-refractivity contribution in [1.82, 2.24) is 0 Å². The molecule has 102 valence electrons. The minimum absolute atomic E-state index is 0.326. The fourth-order valence-electron chi connectivity index (χ4n) is 1.81. The third-order valence-corrected chi connectivity index (χ3v) is 2.85. The molecule has 4 nitrogen and oxygen atoms in total. The lowest BCUT2D eigenvalue weighted by atomic mass is 10.1. The molecule has 0 aliphatic rings. The highest BCUT2D eigenvalue weighted by Crippen LogP contribution is 2.27. The van der Waals surface area contributed by atoms with E-state index in [1.54, 1.807) is 0 Å². The average Bonchev–Trinajstić information content (AvgIpc) is 2.52. The lowest BCUT2D eigenvalue weighted by Crippen LogP contribution is -2.01. The molecule has 0 fully saturated rings. The van der Waals surface area contributed by atoms with Crippen molar-refractivity contribution in [2.75, 3.05) is 7.11 Å². The van der Waals surface area contributed by atoms with Crippen LogP contribution in [0.1, 0.15) is 26.3 Å². The van der Waals surface area contributed by atoms with E-state index in [2.05, 4.69) is 0 Å². The van der Waals surface area contributed by atoms with E-state index in [1.165, 1.54) is 19.2 Å². The number of rotatable bonds is 6. The molecule has 0 saturated carbocycles. The van der Waals surface area contributed by atoms with Crippen molar-refractivity contribution in [3.8, 4) is 11.5 Å². The summed E-state index contributed by atoms with van der Waals surface area (Å²) in [6, 6.07) is 12.6. The summed E-state index contributed by atoms with van der Waals surface area (Å²) < 4.78 is 10.7. The summed E-state index contributed by atoms with van der Waals surface area (Å²) in [5.74, 6) is 0.723. The molecule has 0 bridgehead atoms. The van der Waals surface area contributed by atoms with Crippen LogP contribution in [0.5, 0.6) is 11.5 Å². The largest absolute Gasteiger partial charge is 0.496 e. The predicted molar refractivity (Wildman–Crippen MR) is 74.5 cm³/mol. The van der Waals surface area contributed by atoms with E-state index in [9.17, 15) is 9.59 Å². The standard InChI is InChI=1S/C16H14O4/c1-19-15-7-14(10-18)16(8-13(15)9-17)20-11-12-5-3-2-4-6-12/h2-10H,11H2,1H3. The lowest BCUT2D eigenvalue weighted by Gasteiger charge is -2.11. The number of benzene rings is 2. The van der Waals surface area contributed by atoms with Gasteiger partial charge in [0.05, 0.1) is 18.2 Å². The molecule has 0 unspecified atom stereocenters. The minimum Gasteiger partial charge on any atom is -0.496 e. The highest BCUT2D eigenvalue weighted by molar-refractivity contribution is 5.87. The van der Waals surface area contributed by atoms with Gasteiger partial charge in [0.25, 0.3) is 0 Å². The molecule has 0 amide bonds. The maximum atomic E-state index is 11.1. The van der Waals surface area contributed by atoms with Crippen molar-refractivity contribution < 1.29 is 19.1 Å². The van der Waals surface area contributed by atoms with Crippen LogP contribution >= 0.6 is 0 Å². The van der Waals surface area contributed by atoms with Gasteiger partial charge < -0.3 is 9.47 Å². The molecular weight excluding hydrogens is 256 g/mol. The average molecular weight is 270 g/mol. The van der Waals surface area contributed by atoms with Crippen LogP contribution in [0.3, 0.4) is 0 Å². The van der Waals surface area contributed by atoms with Crippen molar-refractivity contribution in [2.45, 2.75) is 6.61 Å². The minimum atomic E-state index is 0.326. The van der Waals surface area contributed by atoms with Crippen molar-refractivity contribution in [2.24, 2.45) is 0 Å². The molecular formula is C16H14O4. The molecule has 2 rings (SSSR count). The Balaban J connectivity index is 2.26. The molecule has 4 heteroatoms. The van der Waals surface area contributed by atoms with Crippen LogP contribution in [0.15, 0.2) is 42.5 Å². The van der Waals surface area contributed by atoms with E-state index in [-0.39, 0.29) is 0 Å². The zero-order valence-corrected chi connectivity index (χ0v) is 11.0. The van der Waals surface area contributed by atoms with Gasteiger partial charge in [-0.2, -0.15) is 0 Å². The summed E-state index contributed by atoms with van der Waals surface area (Å²) in [5, 5.41) is 0. The fourth-order valence-corrected chi connectivity index (χ4v) is 1.81. The van der Waals surface area contributed by atoms with Gasteiger partial charge >= 0.3 is 0 Å². The van der Waals surface area contributed by atoms with Crippen LogP contribution in [-0.2, 0) is 6.61 Å². The SMILES string of the molecule is COc1cc(C=O)c(OCc2ccccc2)cc1C=O. The summed E-state index contributed by atoms with van der Waals surface area (Å²) in [4.78, 5) is 22.1. The first-order valence-electron chi connectivity index (χ1n) is 6.07. The summed E-state index contributed by atoms with van der Waals surface area (Å²) in [6.45, 7) is 0.326. The molecule has 0 atom stereocenters. The Morgan fingerprint density at radius 3 is 2.15 bits per heavy atom. The first-order chi connectivity index (χ1) is 9.78. The third-order valence-electron chi connectivity index (χ3n) is 2.85. The summed E-state index contributed by atoms with van der Waals surface area (Å²) >= 11 is 0. The molecule has 2 aromatic rings. The van der Waals surface area contributed by atoms with Gasteiger partial charge in [0.1, 0.15) is 18.1 Å². The van der Waals surface area contributed by atoms with E-state index >= 15 is 0 Å². The van der Waals surface area contributed by atoms with E-state index in [0.717, 1.165) is 5.56 Å². The van der Waals surface area contributed by atoms with Crippen molar-refractivity contribution in [3.05, 3.63) is 59.2 Å². The van der Waals surface area contributed by atoms with Crippen LogP contribution in [-0.4, -0.2) is 19.7 Å². The molecule has 0 saturated heterocycles. The third kappa shape index (κ3) is 3.03. The zero-order valence-electron chi connectivity index (χ0n) is 11.0. The molecule has 0 radical (unpaired) electrons. The van der Waals surface area contributed by atoms with Crippen molar-refractivity contribution in [1.29, 1.82) is 0 Å². The van der Waals surface area contributed by atoms with E-state index < -0.39 is 0 Å². The Morgan fingerprint density at radius 1 is 0.950 bits per heavy atom. The second-order valence-electron chi connectivity index (χ2n) is 4.14. The van der Waals surface area contributed by atoms with Crippen molar-refractivity contribution >= 4 is 12.6 Å². The Labute approximate surface area is 116 Å². The maximum absolute atomic E-state index is 11.1. The molecule has 20 heavy (non-hydrogen) atoms. The van der Waals surface area contributed by atoms with Crippen molar-refractivity contribution in [3.63, 3.8) is 0 Å². The normalized spacial score (nSPS) is 9.85. The van der Waals surface area contributed by atoms with Gasteiger partial charge in [-0.15, -0.1) is 0 Å². The predicted octanol–water partition coefficient (Wildman–Crippen LogP) is 2.90. The number of ether oxygens (including phenoxy) is 2. The lowest BCUT2D eigenvalue weighted by molar-refractivity contribution is 0.110. The van der Waals surface area contributed by atoms with Gasteiger partial charge in [-0.3, -0.25) is 9.59 Å². The summed E-state index contributed by atoms with van der Waals surface area (Å²) in [6.07, 6.45) is 1.35. The maximum Gasteiger partial charge on any atom is 0.153 e. The Kier molecular flexibility index (Phi) is 4.50. The second kappa shape index (κ2) is 6.52. The van der Waals surface area contributed by atoms with E-state index in [4.69, 9.17) is 9.47 Å². The van der Waals surface area contributed by atoms with Crippen LogP contribution in [0.2, 0.25) is 0 Å². The Morgan fingerprint density at radius 2 is 1.55 bits per heavy atom. The van der Waals surface area contributed by atoms with E-state index in [1.807, 2.05) is 30.3 Å². The van der Waals surface area contributed by atoms with Gasteiger partial charge in [-0.25, -0.2) is 0 Å². The van der Waals surface area contributed by atoms with Gasteiger partial charge in [-0.05, 0) is 17.7 Å². The van der Waals surface area contributed by atoms with Gasteiger partial charge in [0.15, 0.2) is 12.6 Å². The Hall–Kier alpha value is -2.62. The monoisotopic (exact) mass is 270 g/mol. The molecule has 0 aliphatic carbocycles. The van der Waals surface area contributed by atoms with Gasteiger partial charge in [0.2, 0.25) is 0 Å². The highest BCUT2D eigenvalue weighted by atomic mass is 16.5. The van der Waals surface area contributed by atoms with E-state index in [0.29, 0.717) is 41.8 Å². The number of methoxy groups -OCH3 is 1. The molecule has 2 aromatic carbocycles.